The first kappa shape index (κ1) is 19.5. The molecule has 0 fully saturated rings. The molecule has 6 nitrogen and oxygen atoms in total. The molecule has 0 spiro atoms. The number of aryl methyl sites for hydroxylation is 3. The molecule has 0 radical (unpaired) electrons. The Kier molecular flexibility index (Phi) is 6.32. The van der Waals surface area contributed by atoms with Crippen LogP contribution < -0.4 is 5.32 Å². The molecule has 3 rings (SSSR count). The summed E-state index contributed by atoms with van der Waals surface area (Å²) in [6.45, 7) is 6.19. The van der Waals surface area contributed by atoms with Crippen LogP contribution in [-0.4, -0.2) is 27.5 Å². The number of hydrogen-bond acceptors (Lipinski definition) is 6. The number of aromatic nitrogens is 3. The Morgan fingerprint density at radius 3 is 2.64 bits per heavy atom. The third kappa shape index (κ3) is 5.36. The van der Waals surface area contributed by atoms with Gasteiger partial charge in [0.05, 0.1) is 13.0 Å². The lowest BCUT2D eigenvalue weighted by atomic mass is 10.0. The Bertz CT molecular complexity index is 955. The minimum atomic E-state index is -0.193. The van der Waals surface area contributed by atoms with Crippen LogP contribution in [0.5, 0.6) is 0 Å². The van der Waals surface area contributed by atoms with Gasteiger partial charge in [-0.2, -0.15) is 0 Å². The first-order valence-electron chi connectivity index (χ1n) is 9.33. The molecule has 28 heavy (non-hydrogen) atoms. The monoisotopic (exact) mass is 376 g/mol. The minimum absolute atomic E-state index is 0.193. The lowest BCUT2D eigenvalue weighted by molar-refractivity contribution is -0.143. The highest BCUT2D eigenvalue weighted by molar-refractivity contribution is 5.71. The largest absolute Gasteiger partial charge is 0.466 e. The molecular weight excluding hydrogens is 352 g/mol. The molecule has 0 amide bonds. The van der Waals surface area contributed by atoms with Crippen molar-refractivity contribution >= 4 is 17.6 Å². The number of carbonyl (C=O) groups excluding carboxylic acids is 1. The second kappa shape index (κ2) is 9.08. The molecule has 1 aromatic carbocycles. The molecule has 6 heteroatoms. The van der Waals surface area contributed by atoms with Gasteiger partial charge >= 0.3 is 5.97 Å². The maximum Gasteiger partial charge on any atom is 0.306 e. The first-order chi connectivity index (χ1) is 13.5. The smallest absolute Gasteiger partial charge is 0.306 e. The average molecular weight is 376 g/mol. The van der Waals surface area contributed by atoms with E-state index in [2.05, 4.69) is 32.4 Å². The maximum absolute atomic E-state index is 11.5. The topological polar surface area (TPSA) is 77.0 Å². The zero-order valence-electron chi connectivity index (χ0n) is 16.4. The third-order valence-corrected chi connectivity index (χ3v) is 4.18. The summed E-state index contributed by atoms with van der Waals surface area (Å²) in [7, 11) is 0. The predicted octanol–water partition coefficient (Wildman–Crippen LogP) is 4.39. The Morgan fingerprint density at radius 1 is 1.07 bits per heavy atom. The van der Waals surface area contributed by atoms with Crippen LogP contribution >= 0.6 is 0 Å². The molecule has 0 aliphatic carbocycles. The highest BCUT2D eigenvalue weighted by atomic mass is 16.5. The number of anilines is 2. The van der Waals surface area contributed by atoms with Crippen LogP contribution in [0.2, 0.25) is 0 Å². The highest BCUT2D eigenvalue weighted by Gasteiger charge is 2.07. The summed E-state index contributed by atoms with van der Waals surface area (Å²) in [5.41, 5.74) is 5.89. The van der Waals surface area contributed by atoms with E-state index < -0.39 is 0 Å². The molecule has 0 saturated carbocycles. The summed E-state index contributed by atoms with van der Waals surface area (Å²) < 4.78 is 4.96. The van der Waals surface area contributed by atoms with Crippen molar-refractivity contribution in [3.63, 3.8) is 0 Å². The van der Waals surface area contributed by atoms with Crippen molar-refractivity contribution in [3.05, 3.63) is 65.7 Å². The van der Waals surface area contributed by atoms with Gasteiger partial charge in [0.2, 0.25) is 5.95 Å². The summed E-state index contributed by atoms with van der Waals surface area (Å²) in [5, 5.41) is 3.26. The van der Waals surface area contributed by atoms with Gasteiger partial charge in [-0.3, -0.25) is 9.78 Å². The molecule has 0 saturated heterocycles. The van der Waals surface area contributed by atoms with Crippen molar-refractivity contribution in [2.24, 2.45) is 0 Å². The van der Waals surface area contributed by atoms with Gasteiger partial charge in [0.1, 0.15) is 0 Å². The second-order valence-corrected chi connectivity index (χ2v) is 6.58. The highest BCUT2D eigenvalue weighted by Crippen LogP contribution is 2.26. The second-order valence-electron chi connectivity index (χ2n) is 6.58. The van der Waals surface area contributed by atoms with Crippen LogP contribution in [0.25, 0.3) is 11.1 Å². The molecule has 0 bridgehead atoms. The fourth-order valence-electron chi connectivity index (χ4n) is 2.87. The number of pyridine rings is 1. The van der Waals surface area contributed by atoms with Gasteiger partial charge in [-0.25, -0.2) is 9.97 Å². The van der Waals surface area contributed by atoms with Gasteiger partial charge in [-0.15, -0.1) is 0 Å². The lowest BCUT2D eigenvalue weighted by Gasteiger charge is -2.10. The Labute approximate surface area is 165 Å². The number of rotatable bonds is 7. The number of esters is 1. The van der Waals surface area contributed by atoms with Crippen LogP contribution in [-0.2, 0) is 16.0 Å². The molecule has 1 N–H and O–H groups in total. The SMILES string of the molecule is CCOC(=O)CCc1ccc(-c2cc(C)cc(Nc3nccc(C)n3)c2)cn1. The molecule has 0 aliphatic rings. The Morgan fingerprint density at radius 2 is 1.93 bits per heavy atom. The van der Waals surface area contributed by atoms with Crippen molar-refractivity contribution in [3.8, 4) is 11.1 Å². The van der Waals surface area contributed by atoms with E-state index in [0.717, 1.165) is 33.8 Å². The van der Waals surface area contributed by atoms with Gasteiger partial charge in [0, 0.05) is 41.5 Å². The maximum atomic E-state index is 11.5. The van der Waals surface area contributed by atoms with E-state index in [-0.39, 0.29) is 5.97 Å². The zero-order valence-corrected chi connectivity index (χ0v) is 16.4. The number of nitrogens with zero attached hydrogens (tertiary/aromatic N) is 3. The van der Waals surface area contributed by atoms with E-state index in [1.54, 1.807) is 13.1 Å². The van der Waals surface area contributed by atoms with Gasteiger partial charge in [0.15, 0.2) is 0 Å². The predicted molar refractivity (Wildman–Crippen MR) is 109 cm³/mol. The van der Waals surface area contributed by atoms with Gasteiger partial charge < -0.3 is 10.1 Å². The Hall–Kier alpha value is -3.28. The molecule has 3 aromatic rings. The van der Waals surface area contributed by atoms with E-state index in [1.165, 1.54) is 0 Å². The van der Waals surface area contributed by atoms with Crippen LogP contribution in [0.3, 0.4) is 0 Å². The standard InChI is InChI=1S/C22H24N4O2/c1-4-28-21(27)8-7-19-6-5-17(14-24-19)18-11-15(2)12-20(13-18)26-22-23-10-9-16(3)25-22/h5-6,9-14H,4,7-8H2,1-3H3,(H,23,25,26). The molecule has 0 atom stereocenters. The van der Waals surface area contributed by atoms with Crippen LogP contribution in [0.4, 0.5) is 11.6 Å². The van der Waals surface area contributed by atoms with E-state index in [4.69, 9.17) is 4.74 Å². The number of ether oxygens (including phenoxy) is 1. The van der Waals surface area contributed by atoms with E-state index in [1.807, 2.05) is 44.3 Å². The number of hydrogen-bond donors (Lipinski definition) is 1. The number of benzene rings is 1. The van der Waals surface area contributed by atoms with Crippen LogP contribution in [0, 0.1) is 13.8 Å². The molecule has 0 aliphatic heterocycles. The summed E-state index contributed by atoms with van der Waals surface area (Å²) in [5.74, 6) is 0.380. The van der Waals surface area contributed by atoms with Crippen molar-refractivity contribution in [2.45, 2.75) is 33.6 Å². The van der Waals surface area contributed by atoms with Crippen LogP contribution in [0.15, 0.2) is 48.8 Å². The quantitative estimate of drug-likeness (QED) is 0.616. The summed E-state index contributed by atoms with van der Waals surface area (Å²) in [6.07, 6.45) is 4.49. The van der Waals surface area contributed by atoms with Gasteiger partial charge in [-0.1, -0.05) is 12.1 Å². The van der Waals surface area contributed by atoms with Crippen molar-refractivity contribution in [1.29, 1.82) is 0 Å². The summed E-state index contributed by atoms with van der Waals surface area (Å²) in [6, 6.07) is 12.0. The fourth-order valence-corrected chi connectivity index (χ4v) is 2.87. The average Bonchev–Trinajstić information content (AvgIpc) is 2.66. The lowest BCUT2D eigenvalue weighted by Crippen LogP contribution is -2.05. The Balaban J connectivity index is 1.74. The number of carbonyl (C=O) groups is 1. The van der Waals surface area contributed by atoms with E-state index in [0.29, 0.717) is 25.4 Å². The van der Waals surface area contributed by atoms with E-state index in [9.17, 15) is 4.79 Å². The van der Waals surface area contributed by atoms with Crippen molar-refractivity contribution in [1.82, 2.24) is 15.0 Å². The fraction of sp³-hybridized carbons (Fsp3) is 0.273. The minimum Gasteiger partial charge on any atom is -0.466 e. The third-order valence-electron chi connectivity index (χ3n) is 4.18. The zero-order chi connectivity index (χ0) is 19.9. The summed E-state index contributed by atoms with van der Waals surface area (Å²) >= 11 is 0. The summed E-state index contributed by atoms with van der Waals surface area (Å²) in [4.78, 5) is 24.6. The first-order valence-corrected chi connectivity index (χ1v) is 9.33. The normalized spacial score (nSPS) is 10.5. The van der Waals surface area contributed by atoms with Crippen molar-refractivity contribution in [2.75, 3.05) is 11.9 Å². The molecule has 144 valence electrons. The molecule has 0 unspecified atom stereocenters. The molecular formula is C22H24N4O2. The molecule has 2 heterocycles. The molecule has 2 aromatic heterocycles. The van der Waals surface area contributed by atoms with Gasteiger partial charge in [0.25, 0.3) is 0 Å². The number of nitrogens with one attached hydrogen (secondary N) is 1. The van der Waals surface area contributed by atoms with Crippen molar-refractivity contribution < 1.29 is 9.53 Å². The van der Waals surface area contributed by atoms with Crippen LogP contribution in [0.1, 0.15) is 30.3 Å². The van der Waals surface area contributed by atoms with Gasteiger partial charge in [-0.05, 0) is 56.2 Å². The van der Waals surface area contributed by atoms with E-state index >= 15 is 0 Å².